The van der Waals surface area contributed by atoms with Crippen LogP contribution >= 0.6 is 0 Å². The highest BCUT2D eigenvalue weighted by molar-refractivity contribution is 5.26. The first-order valence-corrected chi connectivity index (χ1v) is 8.05. The molecule has 1 unspecified atom stereocenters. The highest BCUT2D eigenvalue weighted by atomic mass is 16.3. The molecule has 1 aromatic rings. The number of hydrogen-bond donors (Lipinski definition) is 2. The Bertz CT molecular complexity index is 399. The smallest absolute Gasteiger partial charge is 0.115 e. The van der Waals surface area contributed by atoms with Crippen molar-refractivity contribution in [2.24, 2.45) is 0 Å². The Balaban J connectivity index is 1.57. The number of benzene rings is 1. The first kappa shape index (κ1) is 16.3. The molecule has 0 aromatic heterocycles. The van der Waals surface area contributed by atoms with Gasteiger partial charge in [-0.3, -0.25) is 0 Å². The molecule has 1 fully saturated rings. The molecule has 118 valence electrons. The summed E-state index contributed by atoms with van der Waals surface area (Å²) >= 11 is 0. The summed E-state index contributed by atoms with van der Waals surface area (Å²) in [6, 6.07) is 7.99. The summed E-state index contributed by atoms with van der Waals surface area (Å²) in [5.74, 6) is 0.339. The maximum absolute atomic E-state index is 9.28. The quantitative estimate of drug-likeness (QED) is 0.748. The second-order valence-corrected chi connectivity index (χ2v) is 6.22. The number of aromatic hydroxyl groups is 1. The molecule has 1 atom stereocenters. The van der Waals surface area contributed by atoms with E-state index in [0.717, 1.165) is 13.0 Å². The summed E-state index contributed by atoms with van der Waals surface area (Å²) in [7, 11) is 2.20. The Kier molecular flexibility index (Phi) is 6.49. The molecule has 4 nitrogen and oxygen atoms in total. The molecule has 4 heteroatoms. The third-order valence-corrected chi connectivity index (χ3v) is 4.22. The van der Waals surface area contributed by atoms with Gasteiger partial charge in [0, 0.05) is 32.2 Å². The lowest BCUT2D eigenvalue weighted by Gasteiger charge is -2.32. The molecule has 0 bridgehead atoms. The van der Waals surface area contributed by atoms with Crippen LogP contribution in [-0.2, 0) is 6.42 Å². The Morgan fingerprint density at radius 2 is 1.81 bits per heavy atom. The van der Waals surface area contributed by atoms with Gasteiger partial charge in [-0.2, -0.15) is 0 Å². The van der Waals surface area contributed by atoms with Gasteiger partial charge in [0.25, 0.3) is 0 Å². The first-order valence-electron chi connectivity index (χ1n) is 8.05. The van der Waals surface area contributed by atoms with Gasteiger partial charge in [0.05, 0.1) is 0 Å². The van der Waals surface area contributed by atoms with Crippen LogP contribution in [0, 0.1) is 0 Å². The minimum absolute atomic E-state index is 0.339. The van der Waals surface area contributed by atoms with Crippen molar-refractivity contribution in [2.45, 2.75) is 25.8 Å². The van der Waals surface area contributed by atoms with E-state index < -0.39 is 0 Å². The fraction of sp³-hybridized carbons (Fsp3) is 0.647. The lowest BCUT2D eigenvalue weighted by atomic mass is 10.1. The number of likely N-dealkylation sites (N-methyl/N-ethyl adjacent to an activating group) is 1. The Morgan fingerprint density at radius 3 is 2.48 bits per heavy atom. The van der Waals surface area contributed by atoms with Gasteiger partial charge in [0.2, 0.25) is 0 Å². The molecular weight excluding hydrogens is 262 g/mol. The number of phenolic OH excluding ortho intramolecular Hbond substituents is 1. The van der Waals surface area contributed by atoms with Crippen LogP contribution in [-0.4, -0.2) is 67.3 Å². The second-order valence-electron chi connectivity index (χ2n) is 6.22. The minimum Gasteiger partial charge on any atom is -0.508 e. The lowest BCUT2D eigenvalue weighted by Crippen LogP contribution is -2.45. The number of nitrogens with one attached hydrogen (secondary N) is 1. The highest BCUT2D eigenvalue weighted by Crippen LogP contribution is 2.11. The standard InChI is InChI=1S/C17H29N3O/c1-15(14-16-4-6-17(21)7-5-16)18-8-3-9-20-12-10-19(2)11-13-20/h4-7,15,18,21H,3,8-14H2,1-2H3. The Labute approximate surface area is 128 Å². The van der Waals surface area contributed by atoms with Gasteiger partial charge in [-0.05, 0) is 57.6 Å². The molecule has 2 rings (SSSR count). The van der Waals surface area contributed by atoms with E-state index >= 15 is 0 Å². The van der Waals surface area contributed by atoms with Gasteiger partial charge in [-0.25, -0.2) is 0 Å². The van der Waals surface area contributed by atoms with E-state index in [4.69, 9.17) is 0 Å². The largest absolute Gasteiger partial charge is 0.508 e. The van der Waals surface area contributed by atoms with Crippen LogP contribution in [0.4, 0.5) is 0 Å². The van der Waals surface area contributed by atoms with Crippen LogP contribution in [0.3, 0.4) is 0 Å². The minimum atomic E-state index is 0.339. The maximum Gasteiger partial charge on any atom is 0.115 e. The third kappa shape index (κ3) is 6.04. The van der Waals surface area contributed by atoms with Crippen molar-refractivity contribution in [3.05, 3.63) is 29.8 Å². The second kappa shape index (κ2) is 8.37. The number of nitrogens with zero attached hydrogens (tertiary/aromatic N) is 2. The Hall–Kier alpha value is -1.10. The van der Waals surface area contributed by atoms with Crippen molar-refractivity contribution in [3.8, 4) is 5.75 Å². The molecule has 0 radical (unpaired) electrons. The molecule has 0 amide bonds. The third-order valence-electron chi connectivity index (χ3n) is 4.22. The zero-order chi connectivity index (χ0) is 15.1. The molecule has 1 saturated heterocycles. The molecule has 0 aliphatic carbocycles. The molecule has 0 spiro atoms. The zero-order valence-corrected chi connectivity index (χ0v) is 13.4. The van der Waals surface area contributed by atoms with E-state index in [-0.39, 0.29) is 0 Å². The zero-order valence-electron chi connectivity index (χ0n) is 13.4. The van der Waals surface area contributed by atoms with Crippen molar-refractivity contribution < 1.29 is 5.11 Å². The van der Waals surface area contributed by atoms with Crippen LogP contribution in [0.1, 0.15) is 18.9 Å². The fourth-order valence-corrected chi connectivity index (χ4v) is 2.78. The van der Waals surface area contributed by atoms with Crippen molar-refractivity contribution in [1.82, 2.24) is 15.1 Å². The van der Waals surface area contributed by atoms with Crippen molar-refractivity contribution >= 4 is 0 Å². The summed E-state index contributed by atoms with van der Waals surface area (Å²) in [6.07, 6.45) is 2.22. The lowest BCUT2D eigenvalue weighted by molar-refractivity contribution is 0.152. The SMILES string of the molecule is CC(Cc1ccc(O)cc1)NCCCN1CCN(C)CC1. The predicted octanol–water partition coefficient (Wildman–Crippen LogP) is 1.55. The van der Waals surface area contributed by atoms with E-state index in [0.29, 0.717) is 11.8 Å². The van der Waals surface area contributed by atoms with E-state index in [9.17, 15) is 5.11 Å². The summed E-state index contributed by atoms with van der Waals surface area (Å²) in [6.45, 7) is 9.32. The van der Waals surface area contributed by atoms with E-state index in [1.54, 1.807) is 12.1 Å². The average molecular weight is 291 g/mol. The predicted molar refractivity (Wildman–Crippen MR) is 87.8 cm³/mol. The summed E-state index contributed by atoms with van der Waals surface area (Å²) in [5, 5.41) is 12.9. The molecule has 1 aliphatic rings. The number of phenols is 1. The monoisotopic (exact) mass is 291 g/mol. The fourth-order valence-electron chi connectivity index (χ4n) is 2.78. The molecule has 0 saturated carbocycles. The number of piperazine rings is 1. The van der Waals surface area contributed by atoms with Gasteiger partial charge in [0.1, 0.15) is 5.75 Å². The van der Waals surface area contributed by atoms with Crippen LogP contribution in [0.2, 0.25) is 0 Å². The van der Waals surface area contributed by atoms with Crippen LogP contribution in [0.5, 0.6) is 5.75 Å². The van der Waals surface area contributed by atoms with Gasteiger partial charge >= 0.3 is 0 Å². The number of hydrogen-bond acceptors (Lipinski definition) is 4. The molecule has 2 N–H and O–H groups in total. The van der Waals surface area contributed by atoms with Crippen LogP contribution in [0.25, 0.3) is 0 Å². The van der Waals surface area contributed by atoms with Gasteiger partial charge in [-0.15, -0.1) is 0 Å². The molecule has 1 heterocycles. The van der Waals surface area contributed by atoms with Crippen LogP contribution in [0.15, 0.2) is 24.3 Å². The van der Waals surface area contributed by atoms with E-state index in [1.165, 1.54) is 44.7 Å². The highest BCUT2D eigenvalue weighted by Gasteiger charge is 2.12. The topological polar surface area (TPSA) is 38.7 Å². The van der Waals surface area contributed by atoms with Crippen molar-refractivity contribution in [2.75, 3.05) is 46.3 Å². The van der Waals surface area contributed by atoms with Gasteiger partial charge < -0.3 is 20.2 Å². The average Bonchev–Trinajstić information content (AvgIpc) is 2.48. The van der Waals surface area contributed by atoms with Gasteiger partial charge in [0.15, 0.2) is 0 Å². The summed E-state index contributed by atoms with van der Waals surface area (Å²) in [5.41, 5.74) is 1.27. The van der Waals surface area contributed by atoms with Crippen molar-refractivity contribution in [3.63, 3.8) is 0 Å². The molecule has 1 aliphatic heterocycles. The summed E-state index contributed by atoms with van der Waals surface area (Å²) < 4.78 is 0. The maximum atomic E-state index is 9.28. The Morgan fingerprint density at radius 1 is 1.14 bits per heavy atom. The van der Waals surface area contributed by atoms with Crippen LogP contribution < -0.4 is 5.32 Å². The van der Waals surface area contributed by atoms with E-state index in [2.05, 4.69) is 29.1 Å². The first-order chi connectivity index (χ1) is 10.1. The molecule has 21 heavy (non-hydrogen) atoms. The normalized spacial score (nSPS) is 18.8. The molecule has 1 aromatic carbocycles. The summed E-state index contributed by atoms with van der Waals surface area (Å²) in [4.78, 5) is 4.96. The molecular formula is C17H29N3O. The van der Waals surface area contributed by atoms with Crippen molar-refractivity contribution in [1.29, 1.82) is 0 Å². The van der Waals surface area contributed by atoms with E-state index in [1.807, 2.05) is 12.1 Å². The number of rotatable bonds is 7. The van der Waals surface area contributed by atoms with Gasteiger partial charge in [-0.1, -0.05) is 12.1 Å².